The van der Waals surface area contributed by atoms with Gasteiger partial charge in [-0.2, -0.15) is 5.10 Å². The largest absolute Gasteiger partial charge is 0.282 e. The number of nitrogens with zero attached hydrogens (tertiary/aromatic N) is 2. The van der Waals surface area contributed by atoms with E-state index in [0.717, 1.165) is 0 Å². The topological polar surface area (TPSA) is 17.8 Å². The molecule has 84 valence electrons. The van der Waals surface area contributed by atoms with Gasteiger partial charge in [0.1, 0.15) is 11.5 Å². The molecular formula is C11H9F3N2. The molecule has 16 heavy (non-hydrogen) atoms. The molecule has 0 N–H and O–H groups in total. The van der Waals surface area contributed by atoms with Crippen LogP contribution in [-0.2, 0) is 0 Å². The summed E-state index contributed by atoms with van der Waals surface area (Å²) in [5.74, 6) is -0.359. The minimum Gasteiger partial charge on any atom is -0.240 e. The molecule has 0 radical (unpaired) electrons. The van der Waals surface area contributed by atoms with Gasteiger partial charge in [0, 0.05) is 6.20 Å². The number of aryl methyl sites for hydroxylation is 1. The van der Waals surface area contributed by atoms with Crippen LogP contribution in [0.5, 0.6) is 0 Å². The average Bonchev–Trinajstić information content (AvgIpc) is 2.66. The lowest BCUT2D eigenvalue weighted by Crippen LogP contribution is -1.99. The Morgan fingerprint density at radius 1 is 1.25 bits per heavy atom. The summed E-state index contributed by atoms with van der Waals surface area (Å²) in [6, 6.07) is 5.35. The van der Waals surface area contributed by atoms with E-state index in [1.165, 1.54) is 35.1 Å². The quantitative estimate of drug-likeness (QED) is 0.768. The van der Waals surface area contributed by atoms with E-state index in [4.69, 9.17) is 0 Å². The number of halogens is 3. The maximum Gasteiger partial charge on any atom is 0.282 e. The Kier molecular flexibility index (Phi) is 2.68. The fourth-order valence-electron chi connectivity index (χ4n) is 1.46. The summed E-state index contributed by atoms with van der Waals surface area (Å²) >= 11 is 0. The first kappa shape index (κ1) is 10.7. The second-order valence-electron chi connectivity index (χ2n) is 3.42. The monoisotopic (exact) mass is 226 g/mol. The normalized spacial score (nSPS) is 11.1. The number of aromatic nitrogens is 2. The van der Waals surface area contributed by atoms with Crippen LogP contribution < -0.4 is 0 Å². The fraction of sp³-hybridized carbons (Fsp3) is 0.182. The molecule has 5 heteroatoms. The molecular weight excluding hydrogens is 217 g/mol. The molecule has 1 heterocycles. The van der Waals surface area contributed by atoms with E-state index < -0.39 is 6.43 Å². The Morgan fingerprint density at radius 2 is 2.00 bits per heavy atom. The van der Waals surface area contributed by atoms with Gasteiger partial charge in [0.15, 0.2) is 0 Å². The first-order valence-electron chi connectivity index (χ1n) is 4.68. The Labute approximate surface area is 90.3 Å². The van der Waals surface area contributed by atoms with E-state index in [2.05, 4.69) is 5.10 Å². The van der Waals surface area contributed by atoms with Crippen molar-refractivity contribution in [3.8, 4) is 5.69 Å². The van der Waals surface area contributed by atoms with E-state index in [1.54, 1.807) is 6.92 Å². The van der Waals surface area contributed by atoms with Crippen LogP contribution in [0.2, 0.25) is 0 Å². The van der Waals surface area contributed by atoms with Crippen molar-refractivity contribution in [3.05, 3.63) is 47.5 Å². The molecule has 0 aliphatic carbocycles. The van der Waals surface area contributed by atoms with Crippen molar-refractivity contribution >= 4 is 0 Å². The van der Waals surface area contributed by atoms with Gasteiger partial charge in [0.2, 0.25) is 0 Å². The van der Waals surface area contributed by atoms with Crippen molar-refractivity contribution in [2.45, 2.75) is 13.3 Å². The van der Waals surface area contributed by atoms with Crippen LogP contribution in [0.25, 0.3) is 5.69 Å². The van der Waals surface area contributed by atoms with Crippen LogP contribution in [0.15, 0.2) is 30.5 Å². The predicted octanol–water partition coefficient (Wildman–Crippen LogP) is 3.26. The highest BCUT2D eigenvalue weighted by molar-refractivity contribution is 5.39. The Balaban J connectivity index is 2.42. The summed E-state index contributed by atoms with van der Waals surface area (Å²) in [6.07, 6.45) is -1.16. The number of hydrogen-bond donors (Lipinski definition) is 0. The number of hydrogen-bond acceptors (Lipinski definition) is 1. The lowest BCUT2D eigenvalue weighted by Gasteiger charge is -2.05. The highest BCUT2D eigenvalue weighted by Gasteiger charge is 2.12. The zero-order valence-corrected chi connectivity index (χ0v) is 8.49. The summed E-state index contributed by atoms with van der Waals surface area (Å²) in [4.78, 5) is 0. The van der Waals surface area contributed by atoms with Gasteiger partial charge >= 0.3 is 0 Å². The van der Waals surface area contributed by atoms with Crippen molar-refractivity contribution in [2.75, 3.05) is 0 Å². The molecule has 2 nitrogen and oxygen atoms in total. The standard InChI is InChI=1S/C11H9F3N2/c1-7-6-8(12)2-3-10(7)16-5-4-9(15-16)11(13)14/h2-6,11H,1H3. The van der Waals surface area contributed by atoms with Gasteiger partial charge in [0.05, 0.1) is 5.69 Å². The van der Waals surface area contributed by atoms with Gasteiger partial charge in [-0.25, -0.2) is 17.9 Å². The number of benzene rings is 1. The van der Waals surface area contributed by atoms with Crippen LogP contribution in [0.4, 0.5) is 13.2 Å². The Bertz CT molecular complexity index is 506. The zero-order chi connectivity index (χ0) is 11.7. The first-order chi connectivity index (χ1) is 7.58. The molecule has 0 aliphatic heterocycles. The molecule has 0 atom stereocenters. The van der Waals surface area contributed by atoms with Crippen LogP contribution in [0, 0.1) is 12.7 Å². The highest BCUT2D eigenvalue weighted by atomic mass is 19.3. The van der Waals surface area contributed by atoms with Crippen molar-refractivity contribution in [1.82, 2.24) is 9.78 Å². The van der Waals surface area contributed by atoms with Crippen molar-refractivity contribution in [2.24, 2.45) is 0 Å². The molecule has 1 aromatic heterocycles. The second kappa shape index (κ2) is 4.00. The smallest absolute Gasteiger partial charge is 0.240 e. The molecule has 0 saturated heterocycles. The van der Waals surface area contributed by atoms with Crippen molar-refractivity contribution in [1.29, 1.82) is 0 Å². The van der Waals surface area contributed by atoms with Crippen molar-refractivity contribution < 1.29 is 13.2 Å². The van der Waals surface area contributed by atoms with E-state index in [0.29, 0.717) is 11.3 Å². The summed E-state index contributed by atoms with van der Waals surface area (Å²) < 4.78 is 38.8. The number of rotatable bonds is 2. The third-order valence-corrected chi connectivity index (χ3v) is 2.24. The molecule has 0 aliphatic rings. The van der Waals surface area contributed by atoms with Gasteiger partial charge < -0.3 is 0 Å². The lowest BCUT2D eigenvalue weighted by molar-refractivity contribution is 0.145. The van der Waals surface area contributed by atoms with Gasteiger partial charge in [-0.3, -0.25) is 0 Å². The minimum atomic E-state index is -2.60. The molecule has 2 aromatic rings. The van der Waals surface area contributed by atoms with E-state index >= 15 is 0 Å². The summed E-state index contributed by atoms with van der Waals surface area (Å²) in [6.45, 7) is 1.70. The van der Waals surface area contributed by atoms with Gasteiger partial charge in [-0.1, -0.05) is 0 Å². The van der Waals surface area contributed by atoms with Crippen LogP contribution in [0.3, 0.4) is 0 Å². The molecule has 0 spiro atoms. The predicted molar refractivity (Wildman–Crippen MR) is 53.2 cm³/mol. The third-order valence-electron chi connectivity index (χ3n) is 2.24. The molecule has 0 fully saturated rings. The van der Waals surface area contributed by atoms with E-state index in [9.17, 15) is 13.2 Å². The second-order valence-corrected chi connectivity index (χ2v) is 3.42. The maximum absolute atomic E-state index is 12.8. The van der Waals surface area contributed by atoms with Crippen molar-refractivity contribution in [3.63, 3.8) is 0 Å². The van der Waals surface area contributed by atoms with Gasteiger partial charge in [-0.15, -0.1) is 0 Å². The summed E-state index contributed by atoms with van der Waals surface area (Å²) in [5.41, 5.74) is 0.945. The Morgan fingerprint density at radius 3 is 2.56 bits per heavy atom. The lowest BCUT2D eigenvalue weighted by atomic mass is 10.2. The highest BCUT2D eigenvalue weighted by Crippen LogP contribution is 2.19. The molecule has 2 rings (SSSR count). The van der Waals surface area contributed by atoms with E-state index in [1.807, 2.05) is 0 Å². The summed E-state index contributed by atoms with van der Waals surface area (Å²) in [5, 5.41) is 3.71. The Hall–Kier alpha value is -1.78. The molecule has 0 amide bonds. The molecule has 0 unspecified atom stereocenters. The van der Waals surface area contributed by atoms with Crippen LogP contribution >= 0.6 is 0 Å². The third kappa shape index (κ3) is 1.93. The van der Waals surface area contributed by atoms with Gasteiger partial charge in [0.25, 0.3) is 6.43 Å². The average molecular weight is 226 g/mol. The van der Waals surface area contributed by atoms with Crippen LogP contribution in [-0.4, -0.2) is 9.78 Å². The minimum absolute atomic E-state index is 0.288. The van der Waals surface area contributed by atoms with E-state index in [-0.39, 0.29) is 11.5 Å². The molecule has 1 aromatic carbocycles. The summed E-state index contributed by atoms with van der Waals surface area (Å²) in [7, 11) is 0. The first-order valence-corrected chi connectivity index (χ1v) is 4.68. The zero-order valence-electron chi connectivity index (χ0n) is 8.49. The van der Waals surface area contributed by atoms with Gasteiger partial charge in [-0.05, 0) is 36.8 Å². The maximum atomic E-state index is 12.8. The SMILES string of the molecule is Cc1cc(F)ccc1-n1ccc(C(F)F)n1. The molecule has 0 bridgehead atoms. The van der Waals surface area contributed by atoms with Crippen LogP contribution in [0.1, 0.15) is 17.7 Å². The molecule has 0 saturated carbocycles. The fourth-order valence-corrected chi connectivity index (χ4v) is 1.46. The number of alkyl halides is 2.